The quantitative estimate of drug-likeness (QED) is 0.732. The normalized spacial score (nSPS) is 17.2. The first-order valence-corrected chi connectivity index (χ1v) is 5.62. The lowest BCUT2D eigenvalue weighted by molar-refractivity contribution is -0.131. The molecule has 0 amide bonds. The summed E-state index contributed by atoms with van der Waals surface area (Å²) in [5.41, 5.74) is 5.95. The summed E-state index contributed by atoms with van der Waals surface area (Å²) in [6, 6.07) is 4.20. The second-order valence-corrected chi connectivity index (χ2v) is 4.41. The highest BCUT2D eigenvalue weighted by Crippen LogP contribution is 2.34. The maximum absolute atomic E-state index is 10.8. The van der Waals surface area contributed by atoms with Crippen LogP contribution < -0.4 is 0 Å². The third-order valence-corrected chi connectivity index (χ3v) is 3.25. The van der Waals surface area contributed by atoms with Crippen molar-refractivity contribution in [3.63, 3.8) is 0 Å². The molecule has 0 heterocycles. The van der Waals surface area contributed by atoms with Crippen molar-refractivity contribution in [1.82, 2.24) is 0 Å². The van der Waals surface area contributed by atoms with Crippen molar-refractivity contribution < 1.29 is 9.90 Å². The van der Waals surface area contributed by atoms with Crippen LogP contribution in [0, 0.1) is 13.8 Å². The Morgan fingerprint density at radius 3 is 2.62 bits per heavy atom. The Hall–Kier alpha value is -1.57. The molecule has 2 nitrogen and oxygen atoms in total. The number of carboxylic acids is 1. The Bertz CT molecular complexity index is 470. The minimum atomic E-state index is -0.844. The third kappa shape index (κ3) is 1.87. The van der Waals surface area contributed by atoms with Gasteiger partial charge in [-0.3, -0.25) is 0 Å². The predicted octanol–water partition coefficient (Wildman–Crippen LogP) is 3.11. The second-order valence-electron chi connectivity index (χ2n) is 4.41. The van der Waals surface area contributed by atoms with Gasteiger partial charge in [0.25, 0.3) is 0 Å². The molecule has 16 heavy (non-hydrogen) atoms. The summed E-state index contributed by atoms with van der Waals surface area (Å²) in [6.07, 6.45) is 4.37. The van der Waals surface area contributed by atoms with E-state index in [1.165, 1.54) is 28.3 Å². The third-order valence-electron chi connectivity index (χ3n) is 3.25. The molecule has 0 saturated heterocycles. The number of carboxylic acid groups (broad SMARTS) is 1. The Balaban J connectivity index is 2.62. The molecule has 2 heteroatoms. The van der Waals surface area contributed by atoms with E-state index >= 15 is 0 Å². The summed E-state index contributed by atoms with van der Waals surface area (Å²) in [5, 5.41) is 8.88. The van der Waals surface area contributed by atoms with Crippen LogP contribution in [-0.4, -0.2) is 11.1 Å². The van der Waals surface area contributed by atoms with Gasteiger partial charge in [-0.15, -0.1) is 0 Å². The molecule has 0 fully saturated rings. The number of allylic oxidation sites excluding steroid dienone is 1. The van der Waals surface area contributed by atoms with E-state index in [0.29, 0.717) is 0 Å². The maximum Gasteiger partial charge on any atom is 0.328 e. The van der Waals surface area contributed by atoms with Gasteiger partial charge >= 0.3 is 5.97 Å². The highest BCUT2D eigenvalue weighted by atomic mass is 16.4. The minimum Gasteiger partial charge on any atom is -0.478 e. The number of rotatable bonds is 1. The van der Waals surface area contributed by atoms with Crippen molar-refractivity contribution in [2.45, 2.75) is 33.1 Å². The summed E-state index contributed by atoms with van der Waals surface area (Å²) >= 11 is 0. The summed E-state index contributed by atoms with van der Waals surface area (Å²) in [4.78, 5) is 10.8. The topological polar surface area (TPSA) is 37.3 Å². The van der Waals surface area contributed by atoms with E-state index in [2.05, 4.69) is 26.0 Å². The molecule has 0 aliphatic heterocycles. The first-order valence-electron chi connectivity index (χ1n) is 5.62. The van der Waals surface area contributed by atoms with E-state index in [9.17, 15) is 4.79 Å². The van der Waals surface area contributed by atoms with Gasteiger partial charge in [-0.2, -0.15) is 0 Å². The molecule has 84 valence electrons. The molecule has 2 rings (SSSR count). The summed E-state index contributed by atoms with van der Waals surface area (Å²) < 4.78 is 0. The molecule has 0 spiro atoms. The molecular formula is C14H16O2. The van der Waals surface area contributed by atoms with Gasteiger partial charge in [-0.1, -0.05) is 12.1 Å². The zero-order valence-corrected chi connectivity index (χ0v) is 9.71. The number of benzene rings is 1. The average Bonchev–Trinajstić information content (AvgIpc) is 2.23. The highest BCUT2D eigenvalue weighted by molar-refractivity contribution is 5.91. The molecule has 0 atom stereocenters. The number of hydrogen-bond donors (Lipinski definition) is 1. The standard InChI is InChI=1S/C14H16O2/c1-9-6-7-10(2)14-11(8-13(15)16)4-3-5-12(9)14/h6-8H,3-5H2,1-2H3,(H,15,16)/b11-8+. The Labute approximate surface area is 95.6 Å². The highest BCUT2D eigenvalue weighted by Gasteiger charge is 2.18. The van der Waals surface area contributed by atoms with Crippen molar-refractivity contribution in [3.05, 3.63) is 40.5 Å². The van der Waals surface area contributed by atoms with Crippen LogP contribution >= 0.6 is 0 Å². The largest absolute Gasteiger partial charge is 0.478 e. The number of carbonyl (C=O) groups is 1. The van der Waals surface area contributed by atoms with Crippen LogP contribution in [0.4, 0.5) is 0 Å². The first-order chi connectivity index (χ1) is 7.59. The van der Waals surface area contributed by atoms with Gasteiger partial charge in [0.1, 0.15) is 0 Å². The molecule has 0 saturated carbocycles. The molecule has 1 aliphatic rings. The molecule has 1 aromatic carbocycles. The van der Waals surface area contributed by atoms with Crippen molar-refractivity contribution >= 4 is 11.5 Å². The van der Waals surface area contributed by atoms with Crippen LogP contribution in [0.25, 0.3) is 5.57 Å². The van der Waals surface area contributed by atoms with E-state index in [1.54, 1.807) is 0 Å². The fourth-order valence-electron chi connectivity index (χ4n) is 2.51. The Morgan fingerprint density at radius 2 is 1.94 bits per heavy atom. The first kappa shape index (κ1) is 10.9. The van der Waals surface area contributed by atoms with Crippen molar-refractivity contribution in [2.24, 2.45) is 0 Å². The van der Waals surface area contributed by atoms with Gasteiger partial charge < -0.3 is 5.11 Å². The lowest BCUT2D eigenvalue weighted by Crippen LogP contribution is -2.07. The van der Waals surface area contributed by atoms with E-state index in [-0.39, 0.29) is 0 Å². The molecule has 1 aromatic rings. The molecule has 0 unspecified atom stereocenters. The number of aryl methyl sites for hydroxylation is 2. The van der Waals surface area contributed by atoms with Crippen LogP contribution in [0.2, 0.25) is 0 Å². The predicted molar refractivity (Wildman–Crippen MR) is 64.5 cm³/mol. The second kappa shape index (κ2) is 4.12. The monoisotopic (exact) mass is 216 g/mol. The maximum atomic E-state index is 10.8. The lowest BCUT2D eigenvalue weighted by atomic mass is 9.82. The average molecular weight is 216 g/mol. The van der Waals surface area contributed by atoms with Crippen LogP contribution in [0.1, 0.15) is 35.1 Å². The van der Waals surface area contributed by atoms with E-state index < -0.39 is 5.97 Å². The molecule has 0 bridgehead atoms. The van der Waals surface area contributed by atoms with E-state index in [4.69, 9.17) is 5.11 Å². The zero-order valence-electron chi connectivity index (χ0n) is 9.71. The number of hydrogen-bond acceptors (Lipinski definition) is 1. The summed E-state index contributed by atoms with van der Waals surface area (Å²) in [5.74, 6) is -0.844. The van der Waals surface area contributed by atoms with Gasteiger partial charge in [0.05, 0.1) is 0 Å². The van der Waals surface area contributed by atoms with Gasteiger partial charge in [0.2, 0.25) is 0 Å². The summed E-state index contributed by atoms with van der Waals surface area (Å²) in [7, 11) is 0. The molecule has 0 radical (unpaired) electrons. The van der Waals surface area contributed by atoms with Gasteiger partial charge in [-0.05, 0) is 60.9 Å². The van der Waals surface area contributed by atoms with Crippen LogP contribution in [0.3, 0.4) is 0 Å². The SMILES string of the molecule is Cc1ccc(C)c2c1CCC/C2=C\C(=O)O. The van der Waals surface area contributed by atoms with Crippen molar-refractivity contribution in [1.29, 1.82) is 0 Å². The van der Waals surface area contributed by atoms with E-state index in [1.807, 2.05) is 0 Å². The molecular weight excluding hydrogens is 200 g/mol. The van der Waals surface area contributed by atoms with Crippen molar-refractivity contribution in [2.75, 3.05) is 0 Å². The van der Waals surface area contributed by atoms with Gasteiger partial charge in [0, 0.05) is 6.08 Å². The van der Waals surface area contributed by atoms with Gasteiger partial charge in [0.15, 0.2) is 0 Å². The van der Waals surface area contributed by atoms with Crippen LogP contribution in [0.15, 0.2) is 18.2 Å². The minimum absolute atomic E-state index is 0.844. The number of aliphatic carboxylic acids is 1. The fourth-order valence-corrected chi connectivity index (χ4v) is 2.51. The molecule has 1 N–H and O–H groups in total. The lowest BCUT2D eigenvalue weighted by Gasteiger charge is -2.22. The Morgan fingerprint density at radius 1 is 1.25 bits per heavy atom. The van der Waals surface area contributed by atoms with Gasteiger partial charge in [-0.25, -0.2) is 4.79 Å². The number of fused-ring (bicyclic) bond motifs is 1. The smallest absolute Gasteiger partial charge is 0.328 e. The molecule has 0 aromatic heterocycles. The van der Waals surface area contributed by atoms with E-state index in [0.717, 1.165) is 24.8 Å². The van der Waals surface area contributed by atoms with Crippen molar-refractivity contribution in [3.8, 4) is 0 Å². The van der Waals surface area contributed by atoms with Crippen LogP contribution in [-0.2, 0) is 11.2 Å². The zero-order chi connectivity index (χ0) is 11.7. The Kier molecular flexibility index (Phi) is 2.82. The molecule has 1 aliphatic carbocycles. The van der Waals surface area contributed by atoms with Crippen LogP contribution in [0.5, 0.6) is 0 Å². The summed E-state index contributed by atoms with van der Waals surface area (Å²) in [6.45, 7) is 4.15. The fraction of sp³-hybridized carbons (Fsp3) is 0.357.